The van der Waals surface area contributed by atoms with Crippen molar-refractivity contribution in [1.29, 1.82) is 0 Å². The number of aliphatic imine (C=N–C) groups is 1. The maximum atomic E-state index is 12.0. The molecule has 152 valence electrons. The highest BCUT2D eigenvalue weighted by atomic mass is 32.1. The lowest BCUT2D eigenvalue weighted by molar-refractivity contribution is -0.120. The standard InChI is InChI=1S/C19H27N5O3S/c1-20-19(23-14-18(25)21-12-15-4-2-8-27-15)22-13-16(17-5-3-11-28-17)24-6-9-26-10-7-24/h2-5,8,11,16H,6-7,9-10,12-14H2,1H3,(H,21,25)(H2,20,22,23). The van der Waals surface area contributed by atoms with Crippen LogP contribution < -0.4 is 16.0 Å². The molecule has 1 fully saturated rings. The number of carbonyl (C=O) groups is 1. The van der Waals surface area contributed by atoms with Crippen LogP contribution in [0.1, 0.15) is 16.7 Å². The van der Waals surface area contributed by atoms with E-state index in [0.717, 1.165) is 32.1 Å². The number of carbonyl (C=O) groups excluding carboxylic acids is 1. The Hall–Kier alpha value is -2.36. The molecule has 0 saturated carbocycles. The van der Waals surface area contributed by atoms with Crippen LogP contribution in [0.25, 0.3) is 0 Å². The van der Waals surface area contributed by atoms with E-state index >= 15 is 0 Å². The van der Waals surface area contributed by atoms with Crippen molar-refractivity contribution in [1.82, 2.24) is 20.9 Å². The van der Waals surface area contributed by atoms with E-state index < -0.39 is 0 Å². The minimum Gasteiger partial charge on any atom is -0.467 e. The van der Waals surface area contributed by atoms with Gasteiger partial charge in [0.2, 0.25) is 5.91 Å². The largest absolute Gasteiger partial charge is 0.467 e. The minimum absolute atomic E-state index is 0.123. The zero-order valence-corrected chi connectivity index (χ0v) is 16.8. The smallest absolute Gasteiger partial charge is 0.239 e. The fourth-order valence-electron chi connectivity index (χ4n) is 3.02. The normalized spacial score (nSPS) is 16.5. The number of morpholine rings is 1. The molecule has 0 aliphatic carbocycles. The van der Waals surface area contributed by atoms with Crippen LogP contribution in [0.4, 0.5) is 0 Å². The van der Waals surface area contributed by atoms with Crippen LogP contribution >= 0.6 is 11.3 Å². The number of hydrogen-bond donors (Lipinski definition) is 3. The Morgan fingerprint density at radius 1 is 1.25 bits per heavy atom. The van der Waals surface area contributed by atoms with Crippen molar-refractivity contribution in [2.45, 2.75) is 12.6 Å². The molecule has 1 unspecified atom stereocenters. The van der Waals surface area contributed by atoms with E-state index in [0.29, 0.717) is 19.0 Å². The lowest BCUT2D eigenvalue weighted by Crippen LogP contribution is -2.47. The van der Waals surface area contributed by atoms with E-state index in [9.17, 15) is 4.79 Å². The summed E-state index contributed by atoms with van der Waals surface area (Å²) < 4.78 is 10.7. The number of thiophene rings is 1. The Kier molecular flexibility index (Phi) is 7.89. The predicted octanol–water partition coefficient (Wildman–Crippen LogP) is 1.20. The first-order valence-electron chi connectivity index (χ1n) is 9.35. The number of rotatable bonds is 8. The lowest BCUT2D eigenvalue weighted by atomic mass is 10.2. The van der Waals surface area contributed by atoms with Gasteiger partial charge in [0.25, 0.3) is 0 Å². The molecule has 3 rings (SSSR count). The van der Waals surface area contributed by atoms with E-state index in [-0.39, 0.29) is 18.5 Å². The van der Waals surface area contributed by atoms with Gasteiger partial charge in [0.1, 0.15) is 5.76 Å². The first-order chi connectivity index (χ1) is 13.8. The van der Waals surface area contributed by atoms with E-state index in [4.69, 9.17) is 9.15 Å². The van der Waals surface area contributed by atoms with E-state index in [2.05, 4.69) is 43.4 Å². The average Bonchev–Trinajstić information content (AvgIpc) is 3.44. The fraction of sp³-hybridized carbons (Fsp3) is 0.474. The third kappa shape index (κ3) is 6.08. The summed E-state index contributed by atoms with van der Waals surface area (Å²) in [4.78, 5) is 20.0. The zero-order valence-electron chi connectivity index (χ0n) is 16.0. The summed E-state index contributed by atoms with van der Waals surface area (Å²) in [5.74, 6) is 1.20. The number of amides is 1. The van der Waals surface area contributed by atoms with Crippen molar-refractivity contribution in [2.75, 3.05) is 46.4 Å². The number of nitrogens with zero attached hydrogens (tertiary/aromatic N) is 2. The monoisotopic (exact) mass is 405 g/mol. The van der Waals surface area contributed by atoms with Crippen molar-refractivity contribution in [2.24, 2.45) is 4.99 Å². The molecule has 0 radical (unpaired) electrons. The van der Waals surface area contributed by atoms with Crippen molar-refractivity contribution < 1.29 is 13.9 Å². The van der Waals surface area contributed by atoms with E-state index in [1.807, 2.05) is 6.07 Å². The molecular weight excluding hydrogens is 378 g/mol. The van der Waals surface area contributed by atoms with Crippen LogP contribution in [0.15, 0.2) is 45.3 Å². The highest BCUT2D eigenvalue weighted by molar-refractivity contribution is 7.10. The number of ether oxygens (including phenoxy) is 1. The van der Waals surface area contributed by atoms with Gasteiger partial charge in [-0.2, -0.15) is 0 Å². The average molecular weight is 406 g/mol. The first kappa shape index (κ1) is 20.4. The second-order valence-corrected chi connectivity index (χ2v) is 7.32. The Morgan fingerprint density at radius 2 is 2.11 bits per heavy atom. The van der Waals surface area contributed by atoms with Crippen LogP contribution in [0.5, 0.6) is 0 Å². The number of hydrogen-bond acceptors (Lipinski definition) is 6. The third-order valence-electron chi connectivity index (χ3n) is 4.50. The Balaban J connectivity index is 1.46. The van der Waals surface area contributed by atoms with E-state index in [1.54, 1.807) is 30.7 Å². The Morgan fingerprint density at radius 3 is 2.79 bits per heavy atom. The molecule has 8 nitrogen and oxygen atoms in total. The number of nitrogens with one attached hydrogen (secondary N) is 3. The molecule has 2 aromatic heterocycles. The molecule has 0 bridgehead atoms. The molecule has 2 aromatic rings. The van der Waals surface area contributed by atoms with E-state index in [1.165, 1.54) is 4.88 Å². The van der Waals surface area contributed by atoms with Gasteiger partial charge in [-0.25, -0.2) is 0 Å². The van der Waals surface area contributed by atoms with Gasteiger partial charge in [-0.05, 0) is 23.6 Å². The van der Waals surface area contributed by atoms with Crippen molar-refractivity contribution in [3.05, 3.63) is 46.5 Å². The highest BCUT2D eigenvalue weighted by Gasteiger charge is 2.23. The highest BCUT2D eigenvalue weighted by Crippen LogP contribution is 2.25. The summed E-state index contributed by atoms with van der Waals surface area (Å²) in [5.41, 5.74) is 0. The summed E-state index contributed by atoms with van der Waals surface area (Å²) >= 11 is 1.75. The second kappa shape index (κ2) is 10.8. The maximum absolute atomic E-state index is 12.0. The van der Waals surface area contributed by atoms with Crippen LogP contribution in [-0.2, 0) is 16.1 Å². The minimum atomic E-state index is -0.123. The quantitative estimate of drug-likeness (QED) is 0.452. The van der Waals surface area contributed by atoms with Crippen molar-refractivity contribution >= 4 is 23.2 Å². The molecule has 1 amide bonds. The van der Waals surface area contributed by atoms with Gasteiger partial charge in [-0.3, -0.25) is 14.7 Å². The van der Waals surface area contributed by atoms with Gasteiger partial charge in [-0.1, -0.05) is 6.07 Å². The molecule has 3 N–H and O–H groups in total. The summed E-state index contributed by atoms with van der Waals surface area (Å²) in [7, 11) is 1.70. The molecule has 0 spiro atoms. The molecule has 1 saturated heterocycles. The van der Waals surface area contributed by atoms with Gasteiger partial charge >= 0.3 is 0 Å². The number of furan rings is 1. The topological polar surface area (TPSA) is 91.1 Å². The fourth-order valence-corrected chi connectivity index (χ4v) is 3.88. The Labute approximate surface area is 169 Å². The predicted molar refractivity (Wildman–Crippen MR) is 109 cm³/mol. The first-order valence-corrected chi connectivity index (χ1v) is 10.2. The second-order valence-electron chi connectivity index (χ2n) is 6.34. The van der Waals surface area contributed by atoms with Gasteiger partial charge in [-0.15, -0.1) is 11.3 Å². The molecule has 0 aromatic carbocycles. The molecule has 28 heavy (non-hydrogen) atoms. The summed E-state index contributed by atoms with van der Waals surface area (Å²) in [6.45, 7) is 4.54. The molecule has 1 aliphatic heterocycles. The summed E-state index contributed by atoms with van der Waals surface area (Å²) in [6.07, 6.45) is 1.59. The van der Waals surface area contributed by atoms with Crippen LogP contribution in [0.3, 0.4) is 0 Å². The maximum Gasteiger partial charge on any atom is 0.239 e. The molecule has 9 heteroatoms. The summed E-state index contributed by atoms with van der Waals surface area (Å²) in [6, 6.07) is 8.10. The van der Waals surface area contributed by atoms with Gasteiger partial charge in [0.15, 0.2) is 5.96 Å². The van der Waals surface area contributed by atoms with Crippen LogP contribution in [-0.4, -0.2) is 63.2 Å². The number of guanidine groups is 1. The van der Waals surface area contributed by atoms with Crippen LogP contribution in [0.2, 0.25) is 0 Å². The van der Waals surface area contributed by atoms with Gasteiger partial charge < -0.3 is 25.1 Å². The summed E-state index contributed by atoms with van der Waals surface area (Å²) in [5, 5.41) is 11.3. The van der Waals surface area contributed by atoms with Crippen molar-refractivity contribution in [3.8, 4) is 0 Å². The molecular formula is C19H27N5O3S. The SMILES string of the molecule is CN=C(NCC(=O)NCc1ccco1)NCC(c1cccs1)N1CCOCC1. The van der Waals surface area contributed by atoms with Crippen LogP contribution in [0, 0.1) is 0 Å². The molecule has 1 aliphatic rings. The molecule has 1 atom stereocenters. The third-order valence-corrected chi connectivity index (χ3v) is 5.47. The van der Waals surface area contributed by atoms with Crippen molar-refractivity contribution in [3.63, 3.8) is 0 Å². The molecule has 3 heterocycles. The lowest BCUT2D eigenvalue weighted by Gasteiger charge is -2.34. The van der Waals surface area contributed by atoms with Gasteiger partial charge in [0.05, 0.1) is 38.6 Å². The Bertz CT molecular complexity index is 727. The zero-order chi connectivity index (χ0) is 19.6. The van der Waals surface area contributed by atoms with Gasteiger partial charge in [0, 0.05) is 31.6 Å².